The summed E-state index contributed by atoms with van der Waals surface area (Å²) < 4.78 is 10.6. The summed E-state index contributed by atoms with van der Waals surface area (Å²) in [5, 5.41) is 2.93. The van der Waals surface area contributed by atoms with Gasteiger partial charge in [-0.3, -0.25) is 4.79 Å². The van der Waals surface area contributed by atoms with Crippen molar-refractivity contribution in [1.82, 2.24) is 5.32 Å². The number of amides is 1. The summed E-state index contributed by atoms with van der Waals surface area (Å²) in [5.74, 6) is 1.28. The fraction of sp³-hybridized carbons (Fsp3) is 0.350. The molecule has 0 aliphatic carbocycles. The van der Waals surface area contributed by atoms with Crippen LogP contribution in [0.25, 0.3) is 0 Å². The van der Waals surface area contributed by atoms with Crippen LogP contribution in [0.15, 0.2) is 42.5 Å². The molecule has 0 spiro atoms. The molecule has 1 N–H and O–H groups in total. The van der Waals surface area contributed by atoms with E-state index in [-0.39, 0.29) is 12.5 Å². The molecule has 0 radical (unpaired) electrons. The van der Waals surface area contributed by atoms with Crippen molar-refractivity contribution in [2.24, 2.45) is 0 Å². The van der Waals surface area contributed by atoms with E-state index >= 15 is 0 Å². The standard InChI is InChI=1S/C20H25NO3/c1-4-15-6-7-16(5-2)17(12-15)13-21-20(22)14-24-19-10-8-18(23-3)9-11-19/h6-12H,4-5,13-14H2,1-3H3,(H,21,22). The molecule has 1 amide bonds. The molecule has 0 aliphatic heterocycles. The summed E-state index contributed by atoms with van der Waals surface area (Å²) in [5.41, 5.74) is 3.73. The zero-order valence-electron chi connectivity index (χ0n) is 14.6. The van der Waals surface area contributed by atoms with Gasteiger partial charge in [-0.25, -0.2) is 0 Å². The number of aryl methyl sites for hydroxylation is 2. The van der Waals surface area contributed by atoms with Crippen LogP contribution in [0.5, 0.6) is 11.5 Å². The van der Waals surface area contributed by atoms with Gasteiger partial charge < -0.3 is 14.8 Å². The maximum absolute atomic E-state index is 12.0. The number of carbonyl (C=O) groups excluding carboxylic acids is 1. The molecule has 4 heteroatoms. The van der Waals surface area contributed by atoms with Crippen molar-refractivity contribution in [3.8, 4) is 11.5 Å². The van der Waals surface area contributed by atoms with E-state index in [1.54, 1.807) is 31.4 Å². The van der Waals surface area contributed by atoms with Crippen LogP contribution in [0.3, 0.4) is 0 Å². The Bertz CT molecular complexity index is 665. The summed E-state index contributed by atoms with van der Waals surface area (Å²) >= 11 is 0. The van der Waals surface area contributed by atoms with Gasteiger partial charge in [-0.2, -0.15) is 0 Å². The van der Waals surface area contributed by atoms with E-state index in [9.17, 15) is 4.79 Å². The second-order valence-electron chi connectivity index (χ2n) is 5.55. The first kappa shape index (κ1) is 17.9. The van der Waals surface area contributed by atoms with Crippen LogP contribution < -0.4 is 14.8 Å². The summed E-state index contributed by atoms with van der Waals surface area (Å²) in [6.45, 7) is 4.79. The summed E-state index contributed by atoms with van der Waals surface area (Å²) in [7, 11) is 1.61. The summed E-state index contributed by atoms with van der Waals surface area (Å²) in [6, 6.07) is 13.6. The van der Waals surface area contributed by atoms with Gasteiger partial charge in [0.25, 0.3) is 5.91 Å². The van der Waals surface area contributed by atoms with Crippen molar-refractivity contribution < 1.29 is 14.3 Å². The first-order valence-corrected chi connectivity index (χ1v) is 8.30. The Balaban J connectivity index is 1.86. The Morgan fingerprint density at radius 3 is 2.29 bits per heavy atom. The van der Waals surface area contributed by atoms with E-state index in [4.69, 9.17) is 9.47 Å². The third-order valence-electron chi connectivity index (χ3n) is 3.97. The lowest BCUT2D eigenvalue weighted by molar-refractivity contribution is -0.123. The molecule has 2 aromatic rings. The maximum Gasteiger partial charge on any atom is 0.258 e. The molecule has 0 fully saturated rings. The molecule has 4 nitrogen and oxygen atoms in total. The number of benzene rings is 2. The Labute approximate surface area is 143 Å². The van der Waals surface area contributed by atoms with Gasteiger partial charge in [0.1, 0.15) is 11.5 Å². The number of rotatable bonds is 8. The maximum atomic E-state index is 12.0. The first-order chi connectivity index (χ1) is 11.7. The smallest absolute Gasteiger partial charge is 0.258 e. The third kappa shape index (κ3) is 5.01. The van der Waals surface area contributed by atoms with Crippen molar-refractivity contribution in [2.45, 2.75) is 33.2 Å². The van der Waals surface area contributed by atoms with Gasteiger partial charge in [0, 0.05) is 6.54 Å². The van der Waals surface area contributed by atoms with Gasteiger partial charge >= 0.3 is 0 Å². The van der Waals surface area contributed by atoms with E-state index in [2.05, 4.69) is 37.4 Å². The van der Waals surface area contributed by atoms with E-state index in [0.29, 0.717) is 12.3 Å². The van der Waals surface area contributed by atoms with E-state index in [1.165, 1.54) is 16.7 Å². The molecule has 2 aromatic carbocycles. The number of hydrogen-bond donors (Lipinski definition) is 1. The SMILES string of the molecule is CCc1ccc(CC)c(CNC(=O)COc2ccc(OC)cc2)c1. The van der Waals surface area contributed by atoms with Gasteiger partial charge in [-0.05, 0) is 53.8 Å². The van der Waals surface area contributed by atoms with Crippen LogP contribution in [0.2, 0.25) is 0 Å². The predicted molar refractivity (Wildman–Crippen MR) is 95.5 cm³/mol. The van der Waals surface area contributed by atoms with Crippen LogP contribution in [-0.4, -0.2) is 19.6 Å². The molecule has 0 aliphatic rings. The molecule has 0 aromatic heterocycles. The molecule has 128 valence electrons. The average Bonchev–Trinajstić information content (AvgIpc) is 2.64. The van der Waals surface area contributed by atoms with Gasteiger partial charge in [-0.1, -0.05) is 32.0 Å². The highest BCUT2D eigenvalue weighted by atomic mass is 16.5. The highest BCUT2D eigenvalue weighted by Gasteiger charge is 2.06. The third-order valence-corrected chi connectivity index (χ3v) is 3.97. The number of ether oxygens (including phenoxy) is 2. The fourth-order valence-electron chi connectivity index (χ4n) is 2.47. The Hall–Kier alpha value is -2.49. The van der Waals surface area contributed by atoms with Crippen molar-refractivity contribution in [1.29, 1.82) is 0 Å². The number of carbonyl (C=O) groups is 1. The summed E-state index contributed by atoms with van der Waals surface area (Å²) in [4.78, 5) is 12.0. The molecule has 2 rings (SSSR count). The molecule has 0 bridgehead atoms. The van der Waals surface area contributed by atoms with Crippen molar-refractivity contribution in [3.63, 3.8) is 0 Å². The molecular formula is C20H25NO3. The minimum Gasteiger partial charge on any atom is -0.497 e. The van der Waals surface area contributed by atoms with Gasteiger partial charge in [0.15, 0.2) is 6.61 Å². The van der Waals surface area contributed by atoms with Crippen LogP contribution in [-0.2, 0) is 24.2 Å². The average molecular weight is 327 g/mol. The number of methoxy groups -OCH3 is 1. The van der Waals surface area contributed by atoms with Gasteiger partial charge in [0.05, 0.1) is 7.11 Å². The highest BCUT2D eigenvalue weighted by Crippen LogP contribution is 2.17. The second-order valence-corrected chi connectivity index (χ2v) is 5.55. The van der Waals surface area contributed by atoms with Gasteiger partial charge in [-0.15, -0.1) is 0 Å². The lowest BCUT2D eigenvalue weighted by Gasteiger charge is -2.12. The van der Waals surface area contributed by atoms with Crippen molar-refractivity contribution >= 4 is 5.91 Å². The molecule has 0 saturated heterocycles. The highest BCUT2D eigenvalue weighted by molar-refractivity contribution is 5.77. The predicted octanol–water partition coefficient (Wildman–Crippen LogP) is 3.52. The first-order valence-electron chi connectivity index (χ1n) is 8.30. The summed E-state index contributed by atoms with van der Waals surface area (Å²) in [6.07, 6.45) is 1.95. The van der Waals surface area contributed by atoms with Gasteiger partial charge in [0.2, 0.25) is 0 Å². The Kier molecular flexibility index (Phi) is 6.67. The fourth-order valence-corrected chi connectivity index (χ4v) is 2.47. The Morgan fingerprint density at radius 1 is 0.958 bits per heavy atom. The van der Waals surface area contributed by atoms with E-state index < -0.39 is 0 Å². The van der Waals surface area contributed by atoms with Crippen LogP contribution >= 0.6 is 0 Å². The minimum atomic E-state index is -0.130. The zero-order valence-corrected chi connectivity index (χ0v) is 14.6. The molecule has 0 heterocycles. The van der Waals surface area contributed by atoms with E-state index in [1.807, 2.05) is 0 Å². The lowest BCUT2D eigenvalue weighted by atomic mass is 10.0. The molecule has 0 atom stereocenters. The van der Waals surface area contributed by atoms with Crippen molar-refractivity contribution in [3.05, 3.63) is 59.2 Å². The second kappa shape index (κ2) is 8.96. The van der Waals surface area contributed by atoms with E-state index in [0.717, 1.165) is 18.6 Å². The van der Waals surface area contributed by atoms with Crippen molar-refractivity contribution in [2.75, 3.05) is 13.7 Å². The molecule has 24 heavy (non-hydrogen) atoms. The van der Waals surface area contributed by atoms with Crippen LogP contribution in [0.4, 0.5) is 0 Å². The molecular weight excluding hydrogens is 302 g/mol. The monoisotopic (exact) mass is 327 g/mol. The lowest BCUT2D eigenvalue weighted by Crippen LogP contribution is -2.28. The van der Waals surface area contributed by atoms with Crippen LogP contribution in [0, 0.1) is 0 Å². The molecule has 0 saturated carbocycles. The largest absolute Gasteiger partial charge is 0.497 e. The topological polar surface area (TPSA) is 47.6 Å². The zero-order chi connectivity index (χ0) is 17.4. The van der Waals surface area contributed by atoms with Crippen LogP contribution in [0.1, 0.15) is 30.5 Å². The quantitative estimate of drug-likeness (QED) is 0.807. The number of nitrogens with one attached hydrogen (secondary N) is 1. The minimum absolute atomic E-state index is 0.00125. The Morgan fingerprint density at radius 2 is 1.67 bits per heavy atom. The molecule has 0 unspecified atom stereocenters. The normalized spacial score (nSPS) is 10.3. The number of hydrogen-bond acceptors (Lipinski definition) is 3.